The Morgan fingerprint density at radius 3 is 2.44 bits per heavy atom. The largest absolute Gasteiger partial charge is 0.493 e. The lowest BCUT2D eigenvalue weighted by Gasteiger charge is -2.10. The van der Waals surface area contributed by atoms with Crippen LogP contribution in [0.2, 0.25) is 10.0 Å². The first-order chi connectivity index (χ1) is 11.8. The zero-order valence-corrected chi connectivity index (χ0v) is 15.6. The number of hydrogen-bond acceptors (Lipinski definition) is 4. The molecule has 2 aromatic carbocycles. The van der Waals surface area contributed by atoms with Gasteiger partial charge in [-0.25, -0.2) is 8.42 Å². The van der Waals surface area contributed by atoms with Gasteiger partial charge in [-0.15, -0.1) is 4.83 Å². The quantitative estimate of drug-likeness (QED) is 0.696. The molecule has 9 heteroatoms. The topological polar surface area (TPSA) is 84.5 Å². The zero-order valence-electron chi connectivity index (χ0n) is 13.3. The van der Waals surface area contributed by atoms with E-state index in [2.05, 4.69) is 5.43 Å². The van der Waals surface area contributed by atoms with Crippen molar-refractivity contribution >= 4 is 39.1 Å². The smallest absolute Gasteiger partial charge is 0.257 e. The van der Waals surface area contributed by atoms with E-state index in [1.54, 1.807) is 18.2 Å². The normalized spacial score (nSPS) is 11.2. The van der Waals surface area contributed by atoms with Crippen molar-refractivity contribution < 1.29 is 17.9 Å². The molecule has 0 spiro atoms. The number of amides is 1. The van der Waals surface area contributed by atoms with Crippen LogP contribution in [0.3, 0.4) is 0 Å². The SMILES string of the molecule is Cc1cc(OCCC(=O)NNS(=O)(=O)c2ccc(Cl)cc2)ccc1Cl. The molecule has 0 radical (unpaired) electrons. The maximum atomic E-state index is 12.0. The number of ether oxygens (including phenoxy) is 1. The molecular formula is C16H16Cl2N2O4S. The second-order valence-corrected chi connectivity index (χ2v) is 7.64. The Labute approximate surface area is 156 Å². The summed E-state index contributed by atoms with van der Waals surface area (Å²) in [5.74, 6) is 0.0552. The lowest BCUT2D eigenvalue weighted by Crippen LogP contribution is -2.41. The van der Waals surface area contributed by atoms with Gasteiger partial charge >= 0.3 is 0 Å². The summed E-state index contributed by atoms with van der Waals surface area (Å²) in [4.78, 5) is 13.7. The van der Waals surface area contributed by atoms with Gasteiger partial charge in [0.25, 0.3) is 10.0 Å². The lowest BCUT2D eigenvalue weighted by atomic mass is 10.2. The molecule has 0 fully saturated rings. The number of carbonyl (C=O) groups excluding carboxylic acids is 1. The van der Waals surface area contributed by atoms with Gasteiger partial charge < -0.3 is 4.74 Å². The predicted octanol–water partition coefficient (Wildman–Crippen LogP) is 3.08. The van der Waals surface area contributed by atoms with Crippen LogP contribution in [0, 0.1) is 6.92 Å². The first-order valence-corrected chi connectivity index (χ1v) is 9.47. The molecule has 0 bridgehead atoms. The number of carbonyl (C=O) groups is 1. The summed E-state index contributed by atoms with van der Waals surface area (Å²) in [5, 5.41) is 1.04. The Hall–Kier alpha value is -1.80. The molecule has 6 nitrogen and oxygen atoms in total. The third-order valence-electron chi connectivity index (χ3n) is 3.18. The summed E-state index contributed by atoms with van der Waals surface area (Å²) in [6.45, 7) is 1.93. The van der Waals surface area contributed by atoms with Crippen LogP contribution in [0.15, 0.2) is 47.4 Å². The van der Waals surface area contributed by atoms with Crippen molar-refractivity contribution in [1.82, 2.24) is 10.3 Å². The number of halogens is 2. The Bertz CT molecular complexity index is 855. The number of benzene rings is 2. The summed E-state index contributed by atoms with van der Waals surface area (Å²) in [5.41, 5.74) is 2.99. The maximum Gasteiger partial charge on any atom is 0.257 e. The van der Waals surface area contributed by atoms with Gasteiger partial charge in [0, 0.05) is 10.0 Å². The Kier molecular flexibility index (Phi) is 6.66. The molecule has 25 heavy (non-hydrogen) atoms. The summed E-state index contributed by atoms with van der Waals surface area (Å²) in [7, 11) is -3.86. The van der Waals surface area contributed by atoms with Crippen LogP contribution in [-0.2, 0) is 14.8 Å². The third-order valence-corrected chi connectivity index (χ3v) is 5.12. The second-order valence-electron chi connectivity index (χ2n) is 5.12. The highest BCUT2D eigenvalue weighted by Crippen LogP contribution is 2.21. The van der Waals surface area contributed by atoms with Gasteiger partial charge in [-0.1, -0.05) is 23.2 Å². The number of hydrazine groups is 1. The van der Waals surface area contributed by atoms with E-state index < -0.39 is 15.9 Å². The van der Waals surface area contributed by atoms with E-state index in [9.17, 15) is 13.2 Å². The van der Waals surface area contributed by atoms with Crippen LogP contribution < -0.4 is 15.0 Å². The van der Waals surface area contributed by atoms with E-state index in [0.717, 1.165) is 5.56 Å². The van der Waals surface area contributed by atoms with Gasteiger partial charge in [0.1, 0.15) is 5.75 Å². The van der Waals surface area contributed by atoms with Crippen LogP contribution in [0.5, 0.6) is 5.75 Å². The third kappa shape index (κ3) is 5.89. The Morgan fingerprint density at radius 1 is 1.12 bits per heavy atom. The summed E-state index contributed by atoms with van der Waals surface area (Å²) in [6, 6.07) is 10.7. The number of rotatable bonds is 7. The molecular weight excluding hydrogens is 387 g/mol. The number of hydrogen-bond donors (Lipinski definition) is 2. The standard InChI is InChI=1S/C16H16Cl2N2O4S/c1-11-10-13(4-7-15(11)18)24-9-8-16(21)19-20-25(22,23)14-5-2-12(17)3-6-14/h2-7,10,20H,8-9H2,1H3,(H,19,21). The Morgan fingerprint density at radius 2 is 1.80 bits per heavy atom. The number of sulfonamides is 1. The minimum absolute atomic E-state index is 0.00918. The number of aryl methyl sites for hydroxylation is 1. The van der Waals surface area contributed by atoms with E-state index >= 15 is 0 Å². The number of nitrogens with one attached hydrogen (secondary N) is 2. The molecule has 0 aliphatic rings. The van der Waals surface area contributed by atoms with Crippen molar-refractivity contribution in [2.75, 3.05) is 6.61 Å². The highest BCUT2D eigenvalue weighted by molar-refractivity contribution is 7.89. The van der Waals surface area contributed by atoms with Gasteiger partial charge in [0.2, 0.25) is 5.91 Å². The molecule has 2 rings (SSSR count). The van der Waals surface area contributed by atoms with Gasteiger partial charge in [-0.2, -0.15) is 0 Å². The molecule has 0 atom stereocenters. The average Bonchev–Trinajstić information content (AvgIpc) is 2.57. The lowest BCUT2D eigenvalue weighted by molar-refractivity contribution is -0.122. The monoisotopic (exact) mass is 402 g/mol. The minimum Gasteiger partial charge on any atom is -0.493 e. The molecule has 134 valence electrons. The first-order valence-electron chi connectivity index (χ1n) is 7.23. The van der Waals surface area contributed by atoms with Crippen molar-refractivity contribution in [3.05, 3.63) is 58.1 Å². The molecule has 0 heterocycles. The van der Waals surface area contributed by atoms with E-state index in [1.807, 2.05) is 11.8 Å². The average molecular weight is 403 g/mol. The maximum absolute atomic E-state index is 12.0. The molecule has 0 saturated carbocycles. The summed E-state index contributed by atoms with van der Waals surface area (Å²) in [6.07, 6.45) is -0.0230. The molecule has 2 aromatic rings. The van der Waals surface area contributed by atoms with Crippen LogP contribution in [0.1, 0.15) is 12.0 Å². The molecule has 0 aliphatic carbocycles. The summed E-state index contributed by atoms with van der Waals surface area (Å²) < 4.78 is 29.4. The van der Waals surface area contributed by atoms with Gasteiger partial charge in [-0.3, -0.25) is 10.2 Å². The van der Waals surface area contributed by atoms with Crippen molar-refractivity contribution in [2.24, 2.45) is 0 Å². The van der Waals surface area contributed by atoms with Crippen LogP contribution in [0.25, 0.3) is 0 Å². The molecule has 0 unspecified atom stereocenters. The van der Waals surface area contributed by atoms with Gasteiger partial charge in [-0.05, 0) is 55.0 Å². The van der Waals surface area contributed by atoms with Gasteiger partial charge in [0.05, 0.1) is 17.9 Å². The fourth-order valence-electron chi connectivity index (χ4n) is 1.83. The van der Waals surface area contributed by atoms with Gasteiger partial charge in [0.15, 0.2) is 0 Å². The van der Waals surface area contributed by atoms with E-state index in [1.165, 1.54) is 24.3 Å². The second kappa shape index (κ2) is 8.53. The highest BCUT2D eigenvalue weighted by atomic mass is 35.5. The van der Waals surface area contributed by atoms with Crippen LogP contribution in [0.4, 0.5) is 0 Å². The minimum atomic E-state index is -3.86. The highest BCUT2D eigenvalue weighted by Gasteiger charge is 2.14. The Balaban J connectivity index is 1.80. The molecule has 2 N–H and O–H groups in total. The zero-order chi connectivity index (χ0) is 18.4. The first kappa shape index (κ1) is 19.5. The van der Waals surface area contributed by atoms with Crippen molar-refractivity contribution in [2.45, 2.75) is 18.2 Å². The molecule has 0 saturated heterocycles. The summed E-state index contributed by atoms with van der Waals surface area (Å²) >= 11 is 11.6. The van der Waals surface area contributed by atoms with Crippen molar-refractivity contribution in [3.8, 4) is 5.75 Å². The molecule has 1 amide bonds. The predicted molar refractivity (Wildman–Crippen MR) is 96.2 cm³/mol. The van der Waals surface area contributed by atoms with Crippen LogP contribution in [-0.4, -0.2) is 20.9 Å². The molecule has 0 aromatic heterocycles. The van der Waals surface area contributed by atoms with E-state index in [0.29, 0.717) is 15.8 Å². The van der Waals surface area contributed by atoms with E-state index in [4.69, 9.17) is 27.9 Å². The molecule has 0 aliphatic heterocycles. The van der Waals surface area contributed by atoms with Crippen molar-refractivity contribution in [1.29, 1.82) is 0 Å². The fourth-order valence-corrected chi connectivity index (χ4v) is 2.93. The van der Waals surface area contributed by atoms with Crippen molar-refractivity contribution in [3.63, 3.8) is 0 Å². The van der Waals surface area contributed by atoms with E-state index in [-0.39, 0.29) is 17.9 Å². The van der Waals surface area contributed by atoms with Crippen LogP contribution >= 0.6 is 23.2 Å². The fraction of sp³-hybridized carbons (Fsp3) is 0.188.